The average molecular weight is 346 g/mol. The molecule has 0 N–H and O–H groups in total. The summed E-state index contributed by atoms with van der Waals surface area (Å²) in [4.78, 5) is 42.7. The fourth-order valence-electron chi connectivity index (χ4n) is 1.69. The van der Waals surface area contributed by atoms with Gasteiger partial charge in [0, 0.05) is 14.1 Å². The molecule has 8 heteroatoms. The highest BCUT2D eigenvalue weighted by Crippen LogP contribution is 2.16. The van der Waals surface area contributed by atoms with Crippen LogP contribution in [0.3, 0.4) is 0 Å². The number of hydrogen-bond donors (Lipinski definition) is 0. The molecule has 0 aliphatic rings. The summed E-state index contributed by atoms with van der Waals surface area (Å²) >= 11 is 0. The highest BCUT2D eigenvalue weighted by atomic mass is 16.7. The summed E-state index contributed by atoms with van der Waals surface area (Å²) in [5, 5.41) is 0.954. The van der Waals surface area contributed by atoms with Gasteiger partial charge in [0.15, 0.2) is 0 Å². The molecular formula is C16H30N2O6. The zero-order valence-corrected chi connectivity index (χ0v) is 16.1. The second-order valence-corrected chi connectivity index (χ2v) is 7.42. The summed E-state index contributed by atoms with van der Waals surface area (Å²) in [5.74, 6) is -1.16. The highest BCUT2D eigenvalue weighted by molar-refractivity contribution is 5.89. The van der Waals surface area contributed by atoms with Gasteiger partial charge in [-0.05, 0) is 41.5 Å². The van der Waals surface area contributed by atoms with Crippen molar-refractivity contribution in [3.8, 4) is 0 Å². The Balaban J connectivity index is 5.29. The van der Waals surface area contributed by atoms with E-state index in [1.807, 2.05) is 0 Å². The Morgan fingerprint density at radius 1 is 0.917 bits per heavy atom. The SMILES string of the molecule is CON(C)C(=O)C(CC(=O)OC(C)(C)C)N(C)C(=O)OC(C)(C)C. The molecule has 0 aliphatic heterocycles. The lowest BCUT2D eigenvalue weighted by atomic mass is 10.1. The van der Waals surface area contributed by atoms with Crippen LogP contribution in [0.5, 0.6) is 0 Å². The molecule has 0 saturated heterocycles. The molecule has 0 bridgehead atoms. The fourth-order valence-corrected chi connectivity index (χ4v) is 1.69. The van der Waals surface area contributed by atoms with Gasteiger partial charge in [0.05, 0.1) is 13.5 Å². The first-order valence-electron chi connectivity index (χ1n) is 7.67. The zero-order valence-electron chi connectivity index (χ0n) is 16.1. The van der Waals surface area contributed by atoms with Gasteiger partial charge in [0.2, 0.25) is 0 Å². The Labute approximate surface area is 144 Å². The smallest absolute Gasteiger partial charge is 0.410 e. The normalized spacial score (nSPS) is 13.0. The van der Waals surface area contributed by atoms with Crippen LogP contribution in [0.4, 0.5) is 4.79 Å². The molecule has 1 atom stereocenters. The lowest BCUT2D eigenvalue weighted by Gasteiger charge is -2.31. The number of rotatable bonds is 5. The first-order valence-corrected chi connectivity index (χ1v) is 7.67. The quantitative estimate of drug-likeness (QED) is 0.559. The third-order valence-corrected chi connectivity index (χ3v) is 2.80. The Morgan fingerprint density at radius 2 is 1.38 bits per heavy atom. The van der Waals surface area contributed by atoms with Gasteiger partial charge in [-0.15, -0.1) is 0 Å². The van der Waals surface area contributed by atoms with Crippen molar-refractivity contribution in [3.05, 3.63) is 0 Å². The van der Waals surface area contributed by atoms with E-state index in [0.29, 0.717) is 0 Å². The van der Waals surface area contributed by atoms with Crippen LogP contribution in [0.2, 0.25) is 0 Å². The Hall–Kier alpha value is -1.83. The molecule has 0 fully saturated rings. The van der Waals surface area contributed by atoms with Gasteiger partial charge in [-0.1, -0.05) is 0 Å². The molecule has 0 aromatic rings. The van der Waals surface area contributed by atoms with Gasteiger partial charge < -0.3 is 9.47 Å². The second kappa shape index (κ2) is 8.32. The number of hydrogen-bond acceptors (Lipinski definition) is 6. The monoisotopic (exact) mass is 346 g/mol. The molecule has 0 spiro atoms. The molecule has 0 aromatic carbocycles. The van der Waals surface area contributed by atoms with Crippen molar-refractivity contribution in [2.45, 2.75) is 65.2 Å². The number of likely N-dealkylation sites (N-methyl/N-ethyl adjacent to an activating group) is 2. The molecule has 0 rings (SSSR count). The third kappa shape index (κ3) is 8.14. The molecule has 0 radical (unpaired) electrons. The van der Waals surface area contributed by atoms with E-state index in [9.17, 15) is 14.4 Å². The summed E-state index contributed by atoms with van der Waals surface area (Å²) in [7, 11) is 4.10. The van der Waals surface area contributed by atoms with E-state index in [0.717, 1.165) is 9.96 Å². The topological polar surface area (TPSA) is 85.4 Å². The van der Waals surface area contributed by atoms with Gasteiger partial charge in [0.25, 0.3) is 5.91 Å². The summed E-state index contributed by atoms with van der Waals surface area (Å²) in [6, 6.07) is -1.10. The van der Waals surface area contributed by atoms with Crippen LogP contribution in [0, 0.1) is 0 Å². The minimum absolute atomic E-state index is 0.306. The summed E-state index contributed by atoms with van der Waals surface area (Å²) in [6.45, 7) is 10.3. The molecule has 8 nitrogen and oxygen atoms in total. The molecule has 0 aliphatic carbocycles. The van der Waals surface area contributed by atoms with Gasteiger partial charge in [-0.25, -0.2) is 9.86 Å². The van der Waals surface area contributed by atoms with Gasteiger partial charge in [-0.2, -0.15) is 0 Å². The first-order chi connectivity index (χ1) is 10.7. The molecule has 24 heavy (non-hydrogen) atoms. The fraction of sp³-hybridized carbons (Fsp3) is 0.812. The van der Waals surface area contributed by atoms with Crippen LogP contribution < -0.4 is 0 Å². The van der Waals surface area contributed by atoms with Crippen LogP contribution in [0.25, 0.3) is 0 Å². The molecule has 0 aromatic heterocycles. The van der Waals surface area contributed by atoms with E-state index in [-0.39, 0.29) is 6.42 Å². The van der Waals surface area contributed by atoms with E-state index in [4.69, 9.17) is 14.3 Å². The predicted molar refractivity (Wildman–Crippen MR) is 88.0 cm³/mol. The van der Waals surface area contributed by atoms with E-state index in [1.54, 1.807) is 41.5 Å². The summed E-state index contributed by atoms with van der Waals surface area (Å²) in [6.07, 6.45) is -1.02. The minimum Gasteiger partial charge on any atom is -0.460 e. The summed E-state index contributed by atoms with van der Waals surface area (Å²) in [5.41, 5.74) is -1.42. The molecular weight excluding hydrogens is 316 g/mol. The van der Waals surface area contributed by atoms with Crippen molar-refractivity contribution in [2.75, 3.05) is 21.2 Å². The van der Waals surface area contributed by atoms with E-state index in [1.165, 1.54) is 21.2 Å². The van der Waals surface area contributed by atoms with Crippen molar-refractivity contribution < 1.29 is 28.7 Å². The van der Waals surface area contributed by atoms with Crippen molar-refractivity contribution in [1.82, 2.24) is 9.96 Å². The molecule has 2 amide bonds. The standard InChI is InChI=1S/C16H30N2O6/c1-15(2,3)23-12(19)10-11(13(20)18(8)22-9)17(7)14(21)24-16(4,5)6/h11H,10H2,1-9H3. The molecule has 0 heterocycles. The number of carbonyl (C=O) groups is 3. The largest absolute Gasteiger partial charge is 0.460 e. The van der Waals surface area contributed by atoms with E-state index in [2.05, 4.69) is 0 Å². The maximum Gasteiger partial charge on any atom is 0.410 e. The predicted octanol–water partition coefficient (Wildman–Crippen LogP) is 1.97. The van der Waals surface area contributed by atoms with Crippen LogP contribution >= 0.6 is 0 Å². The Bertz CT molecular complexity index is 464. The molecule has 1 unspecified atom stereocenters. The summed E-state index contributed by atoms with van der Waals surface area (Å²) < 4.78 is 10.5. The second-order valence-electron chi connectivity index (χ2n) is 7.42. The minimum atomic E-state index is -1.10. The van der Waals surface area contributed by atoms with Crippen molar-refractivity contribution in [3.63, 3.8) is 0 Å². The number of esters is 1. The van der Waals surface area contributed by atoms with Crippen LogP contribution in [0.1, 0.15) is 48.0 Å². The lowest BCUT2D eigenvalue weighted by molar-refractivity contribution is -0.177. The molecule has 0 saturated carbocycles. The van der Waals surface area contributed by atoms with Gasteiger partial charge >= 0.3 is 12.1 Å². The van der Waals surface area contributed by atoms with Crippen LogP contribution in [-0.2, 0) is 23.9 Å². The maximum atomic E-state index is 12.4. The van der Waals surface area contributed by atoms with Crippen molar-refractivity contribution in [1.29, 1.82) is 0 Å². The van der Waals surface area contributed by atoms with Gasteiger partial charge in [0.1, 0.15) is 17.2 Å². The molecule has 140 valence electrons. The third-order valence-electron chi connectivity index (χ3n) is 2.80. The zero-order chi connectivity index (χ0) is 19.3. The average Bonchev–Trinajstić information content (AvgIpc) is 2.38. The number of amides is 2. The van der Waals surface area contributed by atoms with Crippen molar-refractivity contribution >= 4 is 18.0 Å². The Kier molecular flexibility index (Phi) is 7.69. The lowest BCUT2D eigenvalue weighted by Crippen LogP contribution is -2.50. The van der Waals surface area contributed by atoms with E-state index < -0.39 is 35.2 Å². The van der Waals surface area contributed by atoms with E-state index >= 15 is 0 Å². The highest BCUT2D eigenvalue weighted by Gasteiger charge is 2.35. The van der Waals surface area contributed by atoms with Crippen LogP contribution in [0.15, 0.2) is 0 Å². The number of hydroxylamine groups is 2. The van der Waals surface area contributed by atoms with Crippen LogP contribution in [-0.4, -0.2) is 66.4 Å². The number of ether oxygens (including phenoxy) is 2. The first kappa shape index (κ1) is 22.2. The number of carbonyl (C=O) groups excluding carboxylic acids is 3. The maximum absolute atomic E-state index is 12.4. The Morgan fingerprint density at radius 3 is 1.75 bits per heavy atom. The van der Waals surface area contributed by atoms with Crippen molar-refractivity contribution in [2.24, 2.45) is 0 Å². The van der Waals surface area contributed by atoms with Gasteiger partial charge in [-0.3, -0.25) is 19.3 Å². The number of nitrogens with zero attached hydrogens (tertiary/aromatic N) is 2.